The highest BCUT2D eigenvalue weighted by atomic mass is 35.5. The number of piperidine rings is 1. The third kappa shape index (κ3) is 4.04. The summed E-state index contributed by atoms with van der Waals surface area (Å²) < 4.78 is 18.5. The number of hydrogen-bond donors (Lipinski definition) is 0. The van der Waals surface area contributed by atoms with Crippen molar-refractivity contribution in [3.05, 3.63) is 65.6 Å². The summed E-state index contributed by atoms with van der Waals surface area (Å²) in [5, 5.41) is 14.8. The number of hydrogen-bond acceptors (Lipinski definition) is 4. The van der Waals surface area contributed by atoms with Crippen LogP contribution < -0.4 is 0 Å². The highest BCUT2D eigenvalue weighted by Crippen LogP contribution is 2.34. The summed E-state index contributed by atoms with van der Waals surface area (Å²) in [7, 11) is 0. The van der Waals surface area contributed by atoms with Gasteiger partial charge >= 0.3 is 0 Å². The van der Waals surface area contributed by atoms with Gasteiger partial charge < -0.3 is 9.42 Å². The fourth-order valence-corrected chi connectivity index (χ4v) is 3.99. The summed E-state index contributed by atoms with van der Waals surface area (Å²) in [6.45, 7) is 2.81. The minimum Gasteiger partial charge on any atom is -0.356 e. The topological polar surface area (TPSA) is 53.1 Å². The second-order valence-corrected chi connectivity index (χ2v) is 7.27. The Kier molecular flexibility index (Phi) is 6.33. The van der Waals surface area contributed by atoms with E-state index in [1.54, 1.807) is 6.07 Å². The average molecular weight is 400 g/mol. The maximum atomic E-state index is 13.2. The van der Waals surface area contributed by atoms with Crippen LogP contribution in [0.3, 0.4) is 0 Å². The lowest BCUT2D eigenvalue weighted by atomic mass is 9.74. The third-order valence-electron chi connectivity index (χ3n) is 5.65. The van der Waals surface area contributed by atoms with Crippen molar-refractivity contribution in [3.63, 3.8) is 0 Å². The van der Waals surface area contributed by atoms with Crippen LogP contribution in [0.1, 0.15) is 30.5 Å². The minimum atomic E-state index is -0.357. The van der Waals surface area contributed by atoms with Gasteiger partial charge in [-0.25, -0.2) is 4.39 Å². The second-order valence-electron chi connectivity index (χ2n) is 7.27. The fraction of sp³-hybridized carbons (Fsp3) is 0.364. The van der Waals surface area contributed by atoms with Crippen LogP contribution in [-0.4, -0.2) is 29.7 Å². The molecule has 0 radical (unpaired) electrons. The molecule has 1 aromatic heterocycles. The number of nitrogens with zero attached hydrogens (tertiary/aromatic N) is 3. The lowest BCUT2D eigenvalue weighted by Gasteiger charge is -2.37. The molecule has 146 valence electrons. The van der Waals surface area contributed by atoms with Gasteiger partial charge in [0.05, 0.1) is 17.2 Å². The van der Waals surface area contributed by atoms with Gasteiger partial charge in [0.25, 0.3) is 0 Å². The van der Waals surface area contributed by atoms with Gasteiger partial charge in [-0.2, -0.15) is 5.26 Å². The number of aromatic nitrogens is 1. The first kappa shape index (κ1) is 20.3. The summed E-state index contributed by atoms with van der Waals surface area (Å²) in [5.41, 5.74) is 2.17. The first-order chi connectivity index (χ1) is 13.2. The van der Waals surface area contributed by atoms with E-state index in [1.165, 1.54) is 12.1 Å². The number of nitriles is 1. The molecule has 0 amide bonds. The van der Waals surface area contributed by atoms with Gasteiger partial charge in [-0.1, -0.05) is 35.5 Å². The number of halogens is 2. The molecule has 1 aliphatic rings. The molecule has 0 saturated carbocycles. The first-order valence-electron chi connectivity index (χ1n) is 9.43. The van der Waals surface area contributed by atoms with Crippen molar-refractivity contribution in [1.29, 1.82) is 5.26 Å². The van der Waals surface area contributed by atoms with Crippen molar-refractivity contribution >= 4 is 23.4 Å². The number of rotatable bonds is 5. The number of likely N-dealkylation sites (tertiary alicyclic amines) is 1. The van der Waals surface area contributed by atoms with Crippen LogP contribution in [0, 0.1) is 17.1 Å². The van der Waals surface area contributed by atoms with Crippen LogP contribution >= 0.6 is 12.4 Å². The van der Waals surface area contributed by atoms with E-state index in [1.807, 2.05) is 18.2 Å². The Balaban J connectivity index is 0.00000225. The van der Waals surface area contributed by atoms with Crippen molar-refractivity contribution in [3.8, 4) is 6.07 Å². The first-order valence-corrected chi connectivity index (χ1v) is 9.43. The van der Waals surface area contributed by atoms with Crippen LogP contribution in [0.5, 0.6) is 0 Å². The Morgan fingerprint density at radius 3 is 2.61 bits per heavy atom. The van der Waals surface area contributed by atoms with Crippen molar-refractivity contribution in [2.45, 2.75) is 31.1 Å². The molecular formula is C22H23ClFN3O. The molecule has 0 bridgehead atoms. The Morgan fingerprint density at radius 2 is 1.89 bits per heavy atom. The molecule has 0 unspecified atom stereocenters. The van der Waals surface area contributed by atoms with Crippen LogP contribution in [-0.2, 0) is 11.8 Å². The van der Waals surface area contributed by atoms with Crippen LogP contribution in [0.25, 0.3) is 11.0 Å². The maximum absolute atomic E-state index is 13.2. The van der Waals surface area contributed by atoms with E-state index in [4.69, 9.17) is 4.52 Å². The van der Waals surface area contributed by atoms with Gasteiger partial charge in [-0.3, -0.25) is 0 Å². The predicted molar refractivity (Wildman–Crippen MR) is 109 cm³/mol. The van der Waals surface area contributed by atoms with Crippen LogP contribution in [0.4, 0.5) is 4.39 Å². The van der Waals surface area contributed by atoms with E-state index in [-0.39, 0.29) is 23.6 Å². The van der Waals surface area contributed by atoms with E-state index in [0.717, 1.165) is 62.0 Å². The number of fused-ring (bicyclic) bond motifs is 1. The summed E-state index contributed by atoms with van der Waals surface area (Å²) in [6.07, 6.45) is 3.49. The minimum absolute atomic E-state index is 0. The van der Waals surface area contributed by atoms with Crippen molar-refractivity contribution in [2.24, 2.45) is 0 Å². The molecule has 0 atom stereocenters. The Hall–Kier alpha value is -2.42. The molecule has 0 aliphatic carbocycles. The largest absolute Gasteiger partial charge is 0.356 e. The van der Waals surface area contributed by atoms with Gasteiger partial charge in [-0.05, 0) is 63.0 Å². The third-order valence-corrected chi connectivity index (χ3v) is 5.65. The molecule has 2 aromatic carbocycles. The van der Waals surface area contributed by atoms with Gasteiger partial charge in [0.2, 0.25) is 0 Å². The number of aryl methyl sites for hydroxylation is 1. The summed E-state index contributed by atoms with van der Waals surface area (Å²) in [5.74, 6) is -0.307. The van der Waals surface area contributed by atoms with Crippen LogP contribution in [0.15, 0.2) is 53.1 Å². The Morgan fingerprint density at radius 1 is 1.14 bits per heavy atom. The van der Waals surface area contributed by atoms with E-state index < -0.39 is 0 Å². The summed E-state index contributed by atoms with van der Waals surface area (Å²) in [4.78, 5) is 2.42. The zero-order valence-electron chi connectivity index (χ0n) is 15.6. The molecule has 1 saturated heterocycles. The SMILES string of the molecule is Cl.N#CC1(c2ccccc2)CCN(CCCc2noc3cc(F)ccc23)CC1. The van der Waals surface area contributed by atoms with Gasteiger partial charge in [0, 0.05) is 11.5 Å². The molecule has 3 aromatic rings. The highest BCUT2D eigenvalue weighted by Gasteiger charge is 2.36. The molecule has 28 heavy (non-hydrogen) atoms. The zero-order chi connectivity index (χ0) is 18.7. The van der Waals surface area contributed by atoms with Crippen LogP contribution in [0.2, 0.25) is 0 Å². The monoisotopic (exact) mass is 399 g/mol. The molecular weight excluding hydrogens is 377 g/mol. The maximum Gasteiger partial charge on any atom is 0.170 e. The lowest BCUT2D eigenvalue weighted by molar-refractivity contribution is 0.184. The highest BCUT2D eigenvalue weighted by molar-refractivity contribution is 5.85. The van der Waals surface area contributed by atoms with E-state index >= 15 is 0 Å². The molecule has 1 aliphatic heterocycles. The normalized spacial score (nSPS) is 16.4. The molecule has 0 N–H and O–H groups in total. The summed E-state index contributed by atoms with van der Waals surface area (Å²) >= 11 is 0. The Bertz CT molecular complexity index is 959. The predicted octanol–water partition coefficient (Wildman–Crippen LogP) is 4.88. The fourth-order valence-electron chi connectivity index (χ4n) is 3.99. The Labute approximate surface area is 170 Å². The standard InChI is InChI=1S/C22H22FN3O.ClH/c23-18-8-9-19-20(25-27-21(19)15-18)7-4-12-26-13-10-22(16-24,11-14-26)17-5-2-1-3-6-17;/h1-3,5-6,8-9,15H,4,7,10-14H2;1H. The second kappa shape index (κ2) is 8.72. The van der Waals surface area contributed by atoms with E-state index in [9.17, 15) is 9.65 Å². The van der Waals surface area contributed by atoms with Gasteiger partial charge in [0.1, 0.15) is 5.82 Å². The average Bonchev–Trinajstić information content (AvgIpc) is 3.11. The quantitative estimate of drug-likeness (QED) is 0.613. The van der Waals surface area contributed by atoms with E-state index in [2.05, 4.69) is 28.3 Å². The van der Waals surface area contributed by atoms with Gasteiger partial charge in [0.15, 0.2) is 5.58 Å². The van der Waals surface area contributed by atoms with Crippen molar-refractivity contribution in [1.82, 2.24) is 10.1 Å². The molecule has 4 nitrogen and oxygen atoms in total. The van der Waals surface area contributed by atoms with Gasteiger partial charge in [-0.15, -0.1) is 12.4 Å². The lowest BCUT2D eigenvalue weighted by Crippen LogP contribution is -2.42. The van der Waals surface area contributed by atoms with Crippen molar-refractivity contribution in [2.75, 3.05) is 19.6 Å². The molecule has 6 heteroatoms. The zero-order valence-corrected chi connectivity index (χ0v) is 16.4. The number of benzene rings is 2. The smallest absolute Gasteiger partial charge is 0.170 e. The van der Waals surface area contributed by atoms with Crippen molar-refractivity contribution < 1.29 is 8.91 Å². The molecule has 2 heterocycles. The summed E-state index contributed by atoms with van der Waals surface area (Å²) in [6, 6.07) is 17.3. The molecule has 1 fully saturated rings. The molecule has 4 rings (SSSR count). The molecule has 0 spiro atoms. The van der Waals surface area contributed by atoms with E-state index in [0.29, 0.717) is 5.58 Å².